The van der Waals surface area contributed by atoms with Gasteiger partial charge in [-0.2, -0.15) is 0 Å². The lowest BCUT2D eigenvalue weighted by molar-refractivity contribution is 1.08. The average molecular weight is 344 g/mol. The first kappa shape index (κ1) is 12.1. The van der Waals surface area contributed by atoms with Gasteiger partial charge >= 0.3 is 0 Å². The van der Waals surface area contributed by atoms with Crippen LogP contribution in [0.3, 0.4) is 0 Å². The Kier molecular flexibility index (Phi) is 2.65. The van der Waals surface area contributed by atoms with Crippen molar-refractivity contribution in [3.8, 4) is 10.7 Å². The van der Waals surface area contributed by atoms with Crippen LogP contribution >= 0.6 is 27.3 Å². The van der Waals surface area contributed by atoms with Crippen LogP contribution in [0.5, 0.6) is 0 Å². The van der Waals surface area contributed by atoms with Gasteiger partial charge in [-0.3, -0.25) is 0 Å². The van der Waals surface area contributed by atoms with Gasteiger partial charge in [0.2, 0.25) is 0 Å². The maximum atomic E-state index is 4.67. The van der Waals surface area contributed by atoms with E-state index in [0.717, 1.165) is 32.0 Å². The van der Waals surface area contributed by atoms with E-state index in [9.17, 15) is 0 Å². The summed E-state index contributed by atoms with van der Waals surface area (Å²) < 4.78 is 4.36. The first-order valence-corrected chi connectivity index (χ1v) is 7.83. The highest BCUT2D eigenvalue weighted by Gasteiger charge is 2.11. The number of para-hydroxylation sites is 1. The molecule has 0 radical (unpaired) electrons. The summed E-state index contributed by atoms with van der Waals surface area (Å²) in [5.41, 5.74) is 4.04. The molecule has 0 bridgehead atoms. The van der Waals surface area contributed by atoms with Crippen LogP contribution in [0.25, 0.3) is 26.6 Å². The van der Waals surface area contributed by atoms with E-state index in [1.54, 1.807) is 11.3 Å². The van der Waals surface area contributed by atoms with Crippen LogP contribution in [0.1, 0.15) is 5.69 Å². The van der Waals surface area contributed by atoms with Gasteiger partial charge in [-0.1, -0.05) is 12.1 Å². The van der Waals surface area contributed by atoms with Gasteiger partial charge in [-0.15, -0.1) is 11.3 Å². The van der Waals surface area contributed by atoms with Crippen molar-refractivity contribution in [3.63, 3.8) is 0 Å². The first-order chi connectivity index (χ1) is 9.72. The molecule has 0 aliphatic heterocycles. The minimum atomic E-state index is 0.924. The molecule has 0 fully saturated rings. The van der Waals surface area contributed by atoms with E-state index < -0.39 is 0 Å². The lowest BCUT2D eigenvalue weighted by atomic mass is 10.3. The lowest BCUT2D eigenvalue weighted by Crippen LogP contribution is -1.89. The highest BCUT2D eigenvalue weighted by molar-refractivity contribution is 9.10. The summed E-state index contributed by atoms with van der Waals surface area (Å²) in [6.07, 6.45) is 2.05. The number of hydrogen-bond acceptors (Lipinski definition) is 3. The number of benzene rings is 1. The molecular weight excluding hydrogens is 334 g/mol. The van der Waals surface area contributed by atoms with Crippen LogP contribution in [0.2, 0.25) is 0 Å². The number of thiazole rings is 1. The van der Waals surface area contributed by atoms with Crippen LogP contribution in [-0.2, 0) is 0 Å². The van der Waals surface area contributed by atoms with Crippen molar-refractivity contribution in [1.82, 2.24) is 14.4 Å². The molecule has 4 aromatic rings. The molecule has 98 valence electrons. The Morgan fingerprint density at radius 3 is 2.80 bits per heavy atom. The smallest absolute Gasteiger partial charge is 0.144 e. The van der Waals surface area contributed by atoms with Crippen LogP contribution in [0.4, 0.5) is 0 Å². The van der Waals surface area contributed by atoms with Crippen molar-refractivity contribution in [2.75, 3.05) is 0 Å². The summed E-state index contributed by atoms with van der Waals surface area (Å²) in [5.74, 6) is 0. The Labute approximate surface area is 128 Å². The molecule has 3 heterocycles. The predicted octanol–water partition coefficient (Wildman–Crippen LogP) is 4.68. The van der Waals surface area contributed by atoms with Gasteiger partial charge < -0.3 is 4.40 Å². The van der Waals surface area contributed by atoms with Gasteiger partial charge in [-0.25, -0.2) is 9.97 Å². The van der Waals surface area contributed by atoms with Gasteiger partial charge in [0.1, 0.15) is 16.3 Å². The average Bonchev–Trinajstić information content (AvgIpc) is 3.06. The van der Waals surface area contributed by atoms with Crippen LogP contribution < -0.4 is 0 Å². The molecule has 0 spiro atoms. The summed E-state index contributed by atoms with van der Waals surface area (Å²) in [4.78, 5) is 9.33. The number of fused-ring (bicyclic) bond motifs is 2. The van der Waals surface area contributed by atoms with E-state index in [-0.39, 0.29) is 0 Å². The fraction of sp³-hybridized carbons (Fsp3) is 0.0667. The molecule has 5 heteroatoms. The summed E-state index contributed by atoms with van der Waals surface area (Å²) in [5, 5.41) is 0.963. The van der Waals surface area contributed by atoms with Gasteiger partial charge in [0, 0.05) is 16.4 Å². The van der Waals surface area contributed by atoms with Crippen molar-refractivity contribution >= 4 is 43.1 Å². The SMILES string of the molecule is Cc1c(Br)ccc2nc(-c3nc4ccccc4s3)cn12. The number of aromatic nitrogens is 3. The molecule has 3 nitrogen and oxygen atoms in total. The Bertz CT molecular complexity index is 906. The minimum absolute atomic E-state index is 0.924. The third-order valence-electron chi connectivity index (χ3n) is 3.33. The van der Waals surface area contributed by atoms with Crippen molar-refractivity contribution < 1.29 is 0 Å². The highest BCUT2D eigenvalue weighted by Crippen LogP contribution is 2.30. The summed E-state index contributed by atoms with van der Waals surface area (Å²) >= 11 is 5.23. The van der Waals surface area contributed by atoms with Crippen molar-refractivity contribution in [2.45, 2.75) is 6.92 Å². The minimum Gasteiger partial charge on any atom is -0.302 e. The zero-order valence-electron chi connectivity index (χ0n) is 10.7. The first-order valence-electron chi connectivity index (χ1n) is 6.22. The van der Waals surface area contributed by atoms with E-state index in [1.807, 2.05) is 36.5 Å². The fourth-order valence-corrected chi connectivity index (χ4v) is 3.49. The Morgan fingerprint density at radius 2 is 1.95 bits per heavy atom. The normalized spacial score (nSPS) is 11.5. The number of aryl methyl sites for hydroxylation is 1. The summed E-state index contributed by atoms with van der Waals surface area (Å²) in [7, 11) is 0. The molecular formula is C15H10BrN3S. The second-order valence-electron chi connectivity index (χ2n) is 4.61. The lowest BCUT2D eigenvalue weighted by Gasteiger charge is -2.00. The second-order valence-corrected chi connectivity index (χ2v) is 6.49. The zero-order chi connectivity index (χ0) is 13.7. The van der Waals surface area contributed by atoms with Gasteiger partial charge in [0.05, 0.1) is 10.2 Å². The quantitative estimate of drug-likeness (QED) is 0.502. The maximum absolute atomic E-state index is 4.67. The summed E-state index contributed by atoms with van der Waals surface area (Å²) in [6.45, 7) is 2.07. The topological polar surface area (TPSA) is 30.2 Å². The van der Waals surface area contributed by atoms with Crippen LogP contribution in [0.15, 0.2) is 47.1 Å². The number of hydrogen-bond donors (Lipinski definition) is 0. The van der Waals surface area contributed by atoms with E-state index in [2.05, 4.69) is 43.3 Å². The fourth-order valence-electron chi connectivity index (χ4n) is 2.25. The molecule has 0 aliphatic rings. The maximum Gasteiger partial charge on any atom is 0.144 e. The molecule has 20 heavy (non-hydrogen) atoms. The van der Waals surface area contributed by atoms with Crippen molar-refractivity contribution in [3.05, 3.63) is 52.8 Å². The summed E-state index contributed by atoms with van der Waals surface area (Å²) in [6, 6.07) is 12.2. The molecule has 0 aliphatic carbocycles. The number of pyridine rings is 1. The monoisotopic (exact) mass is 343 g/mol. The van der Waals surface area contributed by atoms with Gasteiger partial charge in [-0.05, 0) is 47.1 Å². The van der Waals surface area contributed by atoms with E-state index in [4.69, 9.17) is 0 Å². The van der Waals surface area contributed by atoms with E-state index >= 15 is 0 Å². The van der Waals surface area contributed by atoms with Crippen LogP contribution in [-0.4, -0.2) is 14.4 Å². The van der Waals surface area contributed by atoms with Gasteiger partial charge in [0.15, 0.2) is 0 Å². The molecule has 0 saturated heterocycles. The third kappa shape index (κ3) is 1.77. The third-order valence-corrected chi connectivity index (χ3v) is 5.23. The Balaban J connectivity index is 1.95. The molecule has 0 saturated carbocycles. The number of nitrogens with zero attached hydrogens (tertiary/aromatic N) is 3. The second kappa shape index (κ2) is 4.40. The van der Waals surface area contributed by atoms with Gasteiger partial charge in [0.25, 0.3) is 0 Å². The molecule has 0 atom stereocenters. The van der Waals surface area contributed by atoms with Crippen molar-refractivity contribution in [2.24, 2.45) is 0 Å². The molecule has 0 N–H and O–H groups in total. The molecule has 1 aromatic carbocycles. The zero-order valence-corrected chi connectivity index (χ0v) is 13.1. The van der Waals surface area contributed by atoms with Crippen LogP contribution in [0, 0.1) is 6.92 Å². The Morgan fingerprint density at radius 1 is 1.10 bits per heavy atom. The number of halogens is 1. The molecule has 0 amide bonds. The molecule has 0 unspecified atom stereocenters. The largest absolute Gasteiger partial charge is 0.302 e. The number of rotatable bonds is 1. The molecule has 3 aromatic heterocycles. The Hall–Kier alpha value is -1.72. The molecule has 4 rings (SSSR count). The highest BCUT2D eigenvalue weighted by atomic mass is 79.9. The predicted molar refractivity (Wildman–Crippen MR) is 86.2 cm³/mol. The van der Waals surface area contributed by atoms with E-state index in [0.29, 0.717) is 0 Å². The standard InChI is InChI=1S/C15H10BrN3S/c1-9-10(16)6-7-14-17-12(8-19(9)14)15-18-11-4-2-3-5-13(11)20-15/h2-8H,1H3. The number of imidazole rings is 1. The van der Waals surface area contributed by atoms with E-state index in [1.165, 1.54) is 4.70 Å². The van der Waals surface area contributed by atoms with Crippen molar-refractivity contribution in [1.29, 1.82) is 0 Å².